The molecule has 7 heteroatoms. The average Bonchev–Trinajstić information content (AvgIpc) is 3.05. The summed E-state index contributed by atoms with van der Waals surface area (Å²) in [5.74, 6) is 0. The van der Waals surface area contributed by atoms with Gasteiger partial charge in [-0.3, -0.25) is 4.79 Å². The molecule has 0 bridgehead atoms. The highest BCUT2D eigenvalue weighted by atomic mass is 32.2. The molecule has 2 heterocycles. The van der Waals surface area contributed by atoms with Crippen LogP contribution in [0.15, 0.2) is 58.4 Å². The molecular formula is C18H15N3O3S. The van der Waals surface area contributed by atoms with Gasteiger partial charge in [-0.1, -0.05) is 6.07 Å². The molecule has 4 N–H and O–H groups in total. The van der Waals surface area contributed by atoms with Crippen molar-refractivity contribution < 1.29 is 8.42 Å². The van der Waals surface area contributed by atoms with Crippen molar-refractivity contribution in [2.75, 3.05) is 12.0 Å². The zero-order chi connectivity index (χ0) is 17.8. The van der Waals surface area contributed by atoms with E-state index in [0.717, 1.165) is 22.6 Å². The smallest absolute Gasteiger partial charge is 0.272 e. The first-order valence-electron chi connectivity index (χ1n) is 7.58. The fourth-order valence-electron chi connectivity index (χ4n) is 3.03. The highest BCUT2D eigenvalue weighted by Crippen LogP contribution is 2.32. The Morgan fingerprint density at radius 2 is 1.80 bits per heavy atom. The summed E-state index contributed by atoms with van der Waals surface area (Å²) in [7, 11) is -3.33. The molecule has 0 saturated carbocycles. The van der Waals surface area contributed by atoms with E-state index in [2.05, 4.69) is 9.97 Å². The van der Waals surface area contributed by atoms with E-state index in [1.807, 2.05) is 18.2 Å². The van der Waals surface area contributed by atoms with Crippen molar-refractivity contribution >= 4 is 37.3 Å². The Hall–Kier alpha value is -3.06. The van der Waals surface area contributed by atoms with Gasteiger partial charge in [0.25, 0.3) is 5.56 Å². The Labute approximate surface area is 143 Å². The van der Waals surface area contributed by atoms with Crippen LogP contribution in [0.25, 0.3) is 32.9 Å². The van der Waals surface area contributed by atoms with Crippen molar-refractivity contribution in [2.45, 2.75) is 4.90 Å². The van der Waals surface area contributed by atoms with Gasteiger partial charge in [0.05, 0.1) is 4.90 Å². The molecule has 0 saturated heterocycles. The second-order valence-electron chi connectivity index (χ2n) is 6.00. The van der Waals surface area contributed by atoms with E-state index >= 15 is 0 Å². The fourth-order valence-corrected chi connectivity index (χ4v) is 3.67. The van der Waals surface area contributed by atoms with Crippen LogP contribution in [0.5, 0.6) is 0 Å². The maximum absolute atomic E-state index is 12.0. The lowest BCUT2D eigenvalue weighted by Crippen LogP contribution is -2.06. The number of benzene rings is 2. The van der Waals surface area contributed by atoms with E-state index in [-0.39, 0.29) is 10.5 Å². The maximum Gasteiger partial charge on any atom is 0.272 e. The van der Waals surface area contributed by atoms with Gasteiger partial charge in [-0.2, -0.15) is 0 Å². The van der Waals surface area contributed by atoms with Crippen molar-refractivity contribution in [1.29, 1.82) is 0 Å². The van der Waals surface area contributed by atoms with Gasteiger partial charge in [0.2, 0.25) is 0 Å². The summed E-state index contributed by atoms with van der Waals surface area (Å²) in [5, 5.41) is 1.66. The van der Waals surface area contributed by atoms with Crippen molar-refractivity contribution in [3.8, 4) is 11.1 Å². The molecular weight excluding hydrogens is 338 g/mol. The summed E-state index contributed by atoms with van der Waals surface area (Å²) in [6, 6.07) is 12.0. The zero-order valence-corrected chi connectivity index (χ0v) is 14.1. The number of nitrogens with two attached hydrogens (primary N) is 1. The highest BCUT2D eigenvalue weighted by molar-refractivity contribution is 7.90. The third kappa shape index (κ3) is 2.49. The van der Waals surface area contributed by atoms with Crippen LogP contribution >= 0.6 is 0 Å². The van der Waals surface area contributed by atoms with E-state index in [9.17, 15) is 13.2 Å². The Balaban J connectivity index is 2.02. The number of aromatic nitrogens is 2. The standard InChI is InChI=1S/C18H15N3O3S/c1-25(23,24)11-3-4-15(19)13(9-11)10-2-5-16-14(8-10)12-6-7-20-17(12)18(22)21-16/h2-9,20H,19H2,1H3,(H,21,22). The molecule has 6 nitrogen and oxygen atoms in total. The van der Waals surface area contributed by atoms with E-state index in [1.54, 1.807) is 24.4 Å². The van der Waals surface area contributed by atoms with Crippen LogP contribution in [0.4, 0.5) is 5.69 Å². The Morgan fingerprint density at radius 3 is 2.56 bits per heavy atom. The van der Waals surface area contributed by atoms with Gasteiger partial charge < -0.3 is 15.7 Å². The molecule has 4 rings (SSSR count). The van der Waals surface area contributed by atoms with Crippen LogP contribution in [0.3, 0.4) is 0 Å². The molecule has 2 aromatic carbocycles. The number of nitrogens with one attached hydrogen (secondary N) is 2. The quantitative estimate of drug-likeness (QED) is 0.481. The predicted molar refractivity (Wildman–Crippen MR) is 99.4 cm³/mol. The van der Waals surface area contributed by atoms with Gasteiger partial charge in [-0.05, 0) is 42.0 Å². The molecule has 2 aromatic heterocycles. The Kier molecular flexibility index (Phi) is 3.23. The third-order valence-corrected chi connectivity index (χ3v) is 5.41. The molecule has 0 atom stereocenters. The molecule has 0 aliphatic heterocycles. The summed E-state index contributed by atoms with van der Waals surface area (Å²) in [6.45, 7) is 0. The van der Waals surface area contributed by atoms with Gasteiger partial charge in [-0.15, -0.1) is 0 Å². The first-order valence-corrected chi connectivity index (χ1v) is 9.47. The number of aromatic amines is 2. The lowest BCUT2D eigenvalue weighted by Gasteiger charge is -2.10. The molecule has 0 amide bonds. The predicted octanol–water partition coefficient (Wildman–Crippen LogP) is 2.66. The molecule has 25 heavy (non-hydrogen) atoms. The topological polar surface area (TPSA) is 109 Å². The fraction of sp³-hybridized carbons (Fsp3) is 0.0556. The largest absolute Gasteiger partial charge is 0.398 e. The molecule has 0 spiro atoms. The van der Waals surface area contributed by atoms with Gasteiger partial charge in [0, 0.05) is 40.0 Å². The molecule has 0 fully saturated rings. The first-order chi connectivity index (χ1) is 11.8. The number of rotatable bonds is 2. The SMILES string of the molecule is CS(=O)(=O)c1ccc(N)c(-c2ccc3[nH]c(=O)c4[nH]ccc4c3c2)c1. The molecule has 0 aliphatic rings. The number of sulfone groups is 1. The molecule has 126 valence electrons. The Bertz CT molecular complexity index is 1300. The third-order valence-electron chi connectivity index (χ3n) is 4.30. The summed E-state index contributed by atoms with van der Waals surface area (Å²) in [5.41, 5.74) is 9.00. The van der Waals surface area contributed by atoms with Crippen LogP contribution in [0, 0.1) is 0 Å². The van der Waals surface area contributed by atoms with Gasteiger partial charge in [-0.25, -0.2) is 8.42 Å². The minimum Gasteiger partial charge on any atom is -0.398 e. The lowest BCUT2D eigenvalue weighted by molar-refractivity contribution is 0.602. The molecule has 0 unspecified atom stereocenters. The van der Waals surface area contributed by atoms with Crippen LogP contribution in [0.1, 0.15) is 0 Å². The number of fused-ring (bicyclic) bond motifs is 3. The van der Waals surface area contributed by atoms with Gasteiger partial charge in [0.15, 0.2) is 9.84 Å². The molecule has 0 radical (unpaired) electrons. The highest BCUT2D eigenvalue weighted by Gasteiger charge is 2.13. The summed E-state index contributed by atoms with van der Waals surface area (Å²) in [6.07, 6.45) is 2.88. The minimum absolute atomic E-state index is 0.182. The van der Waals surface area contributed by atoms with Crippen LogP contribution in [-0.4, -0.2) is 24.6 Å². The first kappa shape index (κ1) is 15.5. The number of nitrogen functional groups attached to an aromatic ring is 1. The Morgan fingerprint density at radius 1 is 1.00 bits per heavy atom. The van der Waals surface area contributed by atoms with E-state index in [0.29, 0.717) is 22.3 Å². The van der Waals surface area contributed by atoms with Crippen molar-refractivity contribution in [3.05, 3.63) is 59.0 Å². The number of hydrogen-bond donors (Lipinski definition) is 3. The number of hydrogen-bond acceptors (Lipinski definition) is 4. The molecule has 4 aromatic rings. The summed E-state index contributed by atoms with van der Waals surface area (Å²) in [4.78, 5) is 18.0. The number of H-pyrrole nitrogens is 2. The average molecular weight is 353 g/mol. The van der Waals surface area contributed by atoms with Crippen molar-refractivity contribution in [2.24, 2.45) is 0 Å². The lowest BCUT2D eigenvalue weighted by atomic mass is 10.0. The maximum atomic E-state index is 12.0. The number of anilines is 1. The summed E-state index contributed by atoms with van der Waals surface area (Å²) < 4.78 is 23.7. The summed E-state index contributed by atoms with van der Waals surface area (Å²) >= 11 is 0. The van der Waals surface area contributed by atoms with Crippen LogP contribution in [-0.2, 0) is 9.84 Å². The normalized spacial score (nSPS) is 12.0. The number of pyridine rings is 1. The monoisotopic (exact) mass is 353 g/mol. The second kappa shape index (κ2) is 5.22. The van der Waals surface area contributed by atoms with Gasteiger partial charge in [0.1, 0.15) is 5.52 Å². The molecule has 0 aliphatic carbocycles. The van der Waals surface area contributed by atoms with Crippen LogP contribution in [0.2, 0.25) is 0 Å². The van der Waals surface area contributed by atoms with Crippen molar-refractivity contribution in [1.82, 2.24) is 9.97 Å². The van der Waals surface area contributed by atoms with E-state index < -0.39 is 9.84 Å². The minimum atomic E-state index is -3.33. The van der Waals surface area contributed by atoms with Gasteiger partial charge >= 0.3 is 0 Å². The van der Waals surface area contributed by atoms with Crippen LogP contribution < -0.4 is 11.3 Å². The second-order valence-corrected chi connectivity index (χ2v) is 8.02. The van der Waals surface area contributed by atoms with E-state index in [4.69, 9.17) is 5.73 Å². The zero-order valence-electron chi connectivity index (χ0n) is 13.3. The van der Waals surface area contributed by atoms with Crippen molar-refractivity contribution in [3.63, 3.8) is 0 Å². The van der Waals surface area contributed by atoms with E-state index in [1.165, 1.54) is 6.07 Å².